The van der Waals surface area contributed by atoms with Gasteiger partial charge in [0.2, 0.25) is 17.7 Å². The smallest absolute Gasteiger partial charge is 0.260 e. The highest BCUT2D eigenvalue weighted by Gasteiger charge is 2.43. The molecule has 5 rings (SSSR count). The van der Waals surface area contributed by atoms with E-state index in [0.29, 0.717) is 17.7 Å². The van der Waals surface area contributed by atoms with Crippen LogP contribution in [0.3, 0.4) is 0 Å². The zero-order chi connectivity index (χ0) is 21.4. The van der Waals surface area contributed by atoms with Crippen molar-refractivity contribution in [2.24, 2.45) is 21.5 Å². The number of nitrogens with two attached hydrogens (primary N) is 2. The van der Waals surface area contributed by atoms with Crippen molar-refractivity contribution in [2.75, 3.05) is 4.90 Å². The molecule has 8 nitrogen and oxygen atoms in total. The quantitative estimate of drug-likeness (QED) is 0.671. The van der Waals surface area contributed by atoms with Crippen LogP contribution in [0.15, 0.2) is 63.0 Å². The molecule has 1 fully saturated rings. The highest BCUT2D eigenvalue weighted by Crippen LogP contribution is 2.42. The molecule has 1 aliphatic heterocycles. The first-order valence-corrected chi connectivity index (χ1v) is 10.6. The van der Waals surface area contributed by atoms with E-state index in [-0.39, 0.29) is 5.96 Å². The molecule has 0 saturated heterocycles. The average Bonchev–Trinajstić information content (AvgIpc) is 3.24. The third-order valence-electron chi connectivity index (χ3n) is 5.93. The second-order valence-electron chi connectivity index (χ2n) is 8.13. The first-order valence-electron chi connectivity index (χ1n) is 10.6. The van der Waals surface area contributed by atoms with Crippen LogP contribution in [-0.4, -0.2) is 27.7 Å². The normalized spacial score (nSPS) is 18.0. The number of anilines is 1. The molecule has 3 aromatic rings. The summed E-state index contributed by atoms with van der Waals surface area (Å²) in [5.74, 6) is 1.53. The molecule has 1 saturated carbocycles. The van der Waals surface area contributed by atoms with Crippen LogP contribution >= 0.6 is 0 Å². The molecule has 2 aromatic carbocycles. The van der Waals surface area contributed by atoms with Gasteiger partial charge in [-0.15, -0.1) is 0 Å². The molecule has 0 amide bonds. The lowest BCUT2D eigenvalue weighted by molar-refractivity contribution is 0.305. The fraction of sp³-hybridized carbons (Fsp3) is 0.304. The Balaban J connectivity index is 1.59. The fourth-order valence-corrected chi connectivity index (χ4v) is 4.55. The average molecular weight is 416 g/mol. The second kappa shape index (κ2) is 7.54. The minimum Gasteiger partial charge on any atom is -0.369 e. The summed E-state index contributed by atoms with van der Waals surface area (Å²) in [6.07, 6.45) is 5.00. The number of para-hydroxylation sites is 1. The van der Waals surface area contributed by atoms with Gasteiger partial charge in [-0.2, -0.15) is 9.98 Å². The fourth-order valence-electron chi connectivity index (χ4n) is 4.55. The Bertz CT molecular complexity index is 1170. The zero-order valence-corrected chi connectivity index (χ0v) is 17.5. The molecule has 2 heterocycles. The molecule has 1 spiro atoms. The number of hydrogen-bond donors (Lipinski definition) is 2. The lowest BCUT2D eigenvalue weighted by atomic mass is 9.87. The van der Waals surface area contributed by atoms with Crippen molar-refractivity contribution in [3.63, 3.8) is 0 Å². The van der Waals surface area contributed by atoms with Crippen molar-refractivity contribution in [2.45, 2.75) is 44.7 Å². The minimum absolute atomic E-state index is 0.229. The maximum atomic E-state index is 6.42. The van der Waals surface area contributed by atoms with Crippen LogP contribution in [0, 0.1) is 6.92 Å². The van der Waals surface area contributed by atoms with Gasteiger partial charge in [-0.1, -0.05) is 47.5 Å². The maximum absolute atomic E-state index is 6.42. The summed E-state index contributed by atoms with van der Waals surface area (Å²) in [6.45, 7) is 2.04. The molecule has 4 N–H and O–H groups in total. The van der Waals surface area contributed by atoms with Gasteiger partial charge in [-0.05, 0) is 50.8 Å². The molecule has 0 atom stereocenters. The molecule has 0 bridgehead atoms. The molecule has 1 aliphatic carbocycles. The number of nitrogens with zero attached hydrogens (tertiary/aromatic N) is 5. The first-order chi connectivity index (χ1) is 15.1. The van der Waals surface area contributed by atoms with Gasteiger partial charge in [0.25, 0.3) is 5.89 Å². The van der Waals surface area contributed by atoms with E-state index in [4.69, 9.17) is 21.0 Å². The molecule has 0 unspecified atom stereocenters. The monoisotopic (exact) mass is 415 g/mol. The SMILES string of the molecule is Cc1cccc(-c2noc(-c3ccccc3N3C(N)=NC(N)=NC34CCCCC4)n2)c1. The topological polar surface area (TPSA) is 119 Å². The van der Waals surface area contributed by atoms with E-state index in [0.717, 1.165) is 48.1 Å². The lowest BCUT2D eigenvalue weighted by Crippen LogP contribution is -2.58. The van der Waals surface area contributed by atoms with Gasteiger partial charge in [-0.25, -0.2) is 4.99 Å². The summed E-state index contributed by atoms with van der Waals surface area (Å²) in [5.41, 5.74) is 15.6. The van der Waals surface area contributed by atoms with Gasteiger partial charge in [-0.3, -0.25) is 4.90 Å². The van der Waals surface area contributed by atoms with E-state index in [1.807, 2.05) is 60.4 Å². The molecule has 31 heavy (non-hydrogen) atoms. The largest absolute Gasteiger partial charge is 0.369 e. The van der Waals surface area contributed by atoms with Gasteiger partial charge in [0.15, 0.2) is 0 Å². The number of aromatic nitrogens is 2. The summed E-state index contributed by atoms with van der Waals surface area (Å²) in [6, 6.07) is 15.9. The summed E-state index contributed by atoms with van der Waals surface area (Å²) < 4.78 is 5.68. The van der Waals surface area contributed by atoms with Gasteiger partial charge in [0.1, 0.15) is 5.66 Å². The van der Waals surface area contributed by atoms with Crippen molar-refractivity contribution in [3.05, 3.63) is 54.1 Å². The van der Waals surface area contributed by atoms with Crippen LogP contribution in [0.1, 0.15) is 37.7 Å². The highest BCUT2D eigenvalue weighted by atomic mass is 16.5. The second-order valence-corrected chi connectivity index (χ2v) is 8.13. The Morgan fingerprint density at radius 2 is 1.81 bits per heavy atom. The third-order valence-corrected chi connectivity index (χ3v) is 5.93. The molecular weight excluding hydrogens is 390 g/mol. The molecule has 0 radical (unpaired) electrons. The Labute approximate surface area is 180 Å². The van der Waals surface area contributed by atoms with Gasteiger partial charge in [0, 0.05) is 5.56 Å². The van der Waals surface area contributed by atoms with E-state index in [1.54, 1.807) is 0 Å². The molecule has 158 valence electrons. The summed E-state index contributed by atoms with van der Waals surface area (Å²) in [5, 5.41) is 4.21. The highest BCUT2D eigenvalue weighted by molar-refractivity contribution is 6.07. The third kappa shape index (κ3) is 3.43. The van der Waals surface area contributed by atoms with Crippen LogP contribution in [-0.2, 0) is 0 Å². The van der Waals surface area contributed by atoms with Crippen molar-refractivity contribution < 1.29 is 4.52 Å². The number of rotatable bonds is 3. The van der Waals surface area contributed by atoms with Crippen LogP contribution in [0.25, 0.3) is 22.8 Å². The van der Waals surface area contributed by atoms with Crippen molar-refractivity contribution >= 4 is 17.6 Å². The molecular formula is C23H25N7O. The van der Waals surface area contributed by atoms with E-state index in [2.05, 4.69) is 15.1 Å². The van der Waals surface area contributed by atoms with E-state index in [9.17, 15) is 0 Å². The summed E-state index contributed by atoms with van der Waals surface area (Å²) >= 11 is 0. The van der Waals surface area contributed by atoms with E-state index < -0.39 is 5.66 Å². The molecule has 2 aliphatic rings. The Kier molecular flexibility index (Phi) is 4.69. The summed E-state index contributed by atoms with van der Waals surface area (Å²) in [7, 11) is 0. The van der Waals surface area contributed by atoms with Crippen LogP contribution in [0.2, 0.25) is 0 Å². The Hall–Kier alpha value is -3.68. The first kappa shape index (κ1) is 19.3. The maximum Gasteiger partial charge on any atom is 0.260 e. The number of benzene rings is 2. The van der Waals surface area contributed by atoms with Crippen molar-refractivity contribution in [1.82, 2.24) is 10.1 Å². The Morgan fingerprint density at radius 3 is 2.61 bits per heavy atom. The minimum atomic E-state index is -0.538. The predicted molar refractivity (Wildman–Crippen MR) is 121 cm³/mol. The zero-order valence-electron chi connectivity index (χ0n) is 17.5. The molecule has 8 heteroatoms. The molecule has 1 aromatic heterocycles. The van der Waals surface area contributed by atoms with Crippen LogP contribution < -0.4 is 16.4 Å². The van der Waals surface area contributed by atoms with Gasteiger partial charge >= 0.3 is 0 Å². The van der Waals surface area contributed by atoms with E-state index >= 15 is 0 Å². The van der Waals surface area contributed by atoms with Crippen LogP contribution in [0.5, 0.6) is 0 Å². The van der Waals surface area contributed by atoms with Crippen molar-refractivity contribution in [3.8, 4) is 22.8 Å². The Morgan fingerprint density at radius 1 is 1.00 bits per heavy atom. The van der Waals surface area contributed by atoms with Gasteiger partial charge < -0.3 is 16.0 Å². The van der Waals surface area contributed by atoms with Crippen molar-refractivity contribution in [1.29, 1.82) is 0 Å². The number of aryl methyl sites for hydroxylation is 1. The van der Waals surface area contributed by atoms with E-state index in [1.165, 1.54) is 6.42 Å². The number of aliphatic imine (C=N–C) groups is 2. The predicted octanol–water partition coefficient (Wildman–Crippen LogP) is 3.82. The number of guanidine groups is 2. The standard InChI is InChI=1S/C23H25N7O/c1-15-8-7-9-16(14-15)19-26-20(31-29-19)17-10-3-4-11-18(17)30-22(25)27-21(24)28-23(30)12-5-2-6-13-23/h3-4,7-11,14H,2,5-6,12-13H2,1H3,(H4,24,25,27,28). The summed E-state index contributed by atoms with van der Waals surface area (Å²) in [4.78, 5) is 15.7. The lowest BCUT2D eigenvalue weighted by Gasteiger charge is -2.46. The van der Waals surface area contributed by atoms with Gasteiger partial charge in [0.05, 0.1) is 11.3 Å². The van der Waals surface area contributed by atoms with Crippen LogP contribution in [0.4, 0.5) is 5.69 Å². The number of hydrogen-bond acceptors (Lipinski definition) is 8.